The molecule has 1 heterocycles. The van der Waals surface area contributed by atoms with Crippen molar-refractivity contribution in [3.63, 3.8) is 0 Å². The lowest BCUT2D eigenvalue weighted by molar-refractivity contribution is -0.144. The van der Waals surface area contributed by atoms with Crippen LogP contribution in [0.4, 0.5) is 35.1 Å². The third-order valence-electron chi connectivity index (χ3n) is 3.18. The molecule has 2 rings (SSSR count). The van der Waals surface area contributed by atoms with Crippen molar-refractivity contribution in [2.24, 2.45) is 7.05 Å². The highest BCUT2D eigenvalue weighted by Gasteiger charge is 2.39. The summed E-state index contributed by atoms with van der Waals surface area (Å²) < 4.78 is 103. The highest BCUT2D eigenvalue weighted by atomic mass is 19.4. The van der Waals surface area contributed by atoms with Crippen molar-refractivity contribution in [3.05, 3.63) is 61.9 Å². The van der Waals surface area contributed by atoms with E-state index >= 15 is 0 Å². The van der Waals surface area contributed by atoms with Gasteiger partial charge in [0.25, 0.3) is 5.56 Å². The first-order valence-electron chi connectivity index (χ1n) is 6.22. The zero-order valence-corrected chi connectivity index (χ0v) is 12.0. The highest BCUT2D eigenvalue weighted by molar-refractivity contribution is 5.38. The molecule has 25 heavy (non-hydrogen) atoms. The summed E-state index contributed by atoms with van der Waals surface area (Å²) in [6.07, 6.45) is -10.5. The lowest BCUT2D eigenvalue weighted by atomic mass is 10.1. The van der Waals surface area contributed by atoms with Gasteiger partial charge in [-0.1, -0.05) is 0 Å². The maximum absolute atomic E-state index is 13.6. The fourth-order valence-corrected chi connectivity index (χ4v) is 2.09. The summed E-state index contributed by atoms with van der Waals surface area (Å²) in [6.45, 7) is 0. The molecule has 0 aliphatic heterocycles. The van der Waals surface area contributed by atoms with Crippen LogP contribution in [0.5, 0.6) is 0 Å². The summed E-state index contributed by atoms with van der Waals surface area (Å²) in [5, 5.41) is 0. The van der Waals surface area contributed by atoms with Crippen LogP contribution in [0.2, 0.25) is 0 Å². The summed E-state index contributed by atoms with van der Waals surface area (Å²) in [4.78, 5) is 23.7. The van der Waals surface area contributed by atoms with Crippen LogP contribution in [0.25, 0.3) is 5.69 Å². The van der Waals surface area contributed by atoms with E-state index in [-0.39, 0.29) is 27.3 Å². The normalized spacial score (nSPS) is 12.5. The van der Waals surface area contributed by atoms with Crippen molar-refractivity contribution in [1.82, 2.24) is 9.13 Å². The Bertz CT molecular complexity index is 929. The number of halogens is 8. The van der Waals surface area contributed by atoms with Gasteiger partial charge in [0.1, 0.15) is 22.9 Å². The van der Waals surface area contributed by atoms with E-state index in [2.05, 4.69) is 0 Å². The van der Waals surface area contributed by atoms with E-state index < -0.39 is 52.2 Å². The van der Waals surface area contributed by atoms with Crippen LogP contribution in [0.1, 0.15) is 11.3 Å². The summed E-state index contributed by atoms with van der Waals surface area (Å²) in [5.74, 6) is -4.26. The van der Waals surface area contributed by atoms with Crippen LogP contribution < -0.4 is 11.2 Å². The molecule has 0 N–H and O–H groups in total. The van der Waals surface area contributed by atoms with E-state index in [9.17, 15) is 44.7 Å². The fraction of sp³-hybridized carbons (Fsp3) is 0.231. The molecular formula is C13H6F8N2O2. The topological polar surface area (TPSA) is 44.0 Å². The minimum absolute atomic E-state index is 0.0190. The van der Waals surface area contributed by atoms with Crippen molar-refractivity contribution >= 4 is 0 Å². The second-order valence-corrected chi connectivity index (χ2v) is 4.82. The van der Waals surface area contributed by atoms with Crippen molar-refractivity contribution in [2.45, 2.75) is 12.4 Å². The molecule has 1 aromatic carbocycles. The molecule has 0 aliphatic carbocycles. The number of rotatable bonds is 1. The summed E-state index contributed by atoms with van der Waals surface area (Å²) in [7, 11) is 0.637. The first kappa shape index (κ1) is 18.7. The standard InChI is InChI=1S/C13H6F8N2O2/c1-22-8(12(16,17)18)4-9(24)23(11(22)25)5-2-6(14)10(7(15)3-5)13(19,20)21/h2-4H,1H3. The van der Waals surface area contributed by atoms with Gasteiger partial charge in [-0.05, 0) is 12.1 Å². The number of alkyl halides is 6. The Morgan fingerprint density at radius 2 is 1.32 bits per heavy atom. The van der Waals surface area contributed by atoms with Crippen LogP contribution in [-0.2, 0) is 19.4 Å². The molecule has 136 valence electrons. The predicted octanol–water partition coefficient (Wildman–Crippen LogP) is 2.85. The molecule has 0 aliphatic rings. The van der Waals surface area contributed by atoms with E-state index in [1.165, 1.54) is 0 Å². The van der Waals surface area contributed by atoms with E-state index in [0.29, 0.717) is 7.05 Å². The Morgan fingerprint density at radius 3 is 1.72 bits per heavy atom. The highest BCUT2D eigenvalue weighted by Crippen LogP contribution is 2.34. The van der Waals surface area contributed by atoms with Crippen molar-refractivity contribution in [2.75, 3.05) is 0 Å². The summed E-state index contributed by atoms with van der Waals surface area (Å²) in [5.41, 5.74) is -8.13. The molecular weight excluding hydrogens is 368 g/mol. The zero-order chi connectivity index (χ0) is 19.3. The second kappa shape index (κ2) is 5.70. The molecule has 4 nitrogen and oxygen atoms in total. The molecule has 1 aromatic heterocycles. The minimum atomic E-state index is -5.39. The van der Waals surface area contributed by atoms with Crippen molar-refractivity contribution in [1.29, 1.82) is 0 Å². The molecule has 0 spiro atoms. The van der Waals surface area contributed by atoms with E-state index in [4.69, 9.17) is 0 Å². The van der Waals surface area contributed by atoms with Crippen molar-refractivity contribution < 1.29 is 35.1 Å². The number of hydrogen-bond donors (Lipinski definition) is 0. The lowest BCUT2D eigenvalue weighted by Gasteiger charge is -2.15. The van der Waals surface area contributed by atoms with E-state index in [1.807, 2.05) is 0 Å². The van der Waals surface area contributed by atoms with Crippen LogP contribution in [0, 0.1) is 11.6 Å². The zero-order valence-electron chi connectivity index (χ0n) is 12.0. The van der Waals surface area contributed by atoms with Gasteiger partial charge >= 0.3 is 18.0 Å². The molecule has 0 fully saturated rings. The van der Waals surface area contributed by atoms with Crippen LogP contribution in [-0.4, -0.2) is 9.13 Å². The second-order valence-electron chi connectivity index (χ2n) is 4.82. The first-order chi connectivity index (χ1) is 11.2. The Labute approximate surface area is 132 Å². The number of benzene rings is 1. The molecule has 0 bridgehead atoms. The molecule has 0 unspecified atom stereocenters. The van der Waals surface area contributed by atoms with Gasteiger partial charge in [-0.15, -0.1) is 0 Å². The average molecular weight is 374 g/mol. The quantitative estimate of drug-likeness (QED) is 0.721. The number of hydrogen-bond acceptors (Lipinski definition) is 2. The molecule has 0 saturated carbocycles. The van der Waals surface area contributed by atoms with Gasteiger partial charge in [0.15, 0.2) is 0 Å². The van der Waals surface area contributed by atoms with Gasteiger partial charge in [0, 0.05) is 13.1 Å². The molecule has 0 atom stereocenters. The third kappa shape index (κ3) is 3.28. The maximum atomic E-state index is 13.6. The van der Waals surface area contributed by atoms with Crippen LogP contribution in [0.3, 0.4) is 0 Å². The Kier molecular flexibility index (Phi) is 4.26. The average Bonchev–Trinajstić information content (AvgIpc) is 2.39. The van der Waals surface area contributed by atoms with Gasteiger partial charge in [-0.3, -0.25) is 9.36 Å². The van der Waals surface area contributed by atoms with Crippen LogP contribution in [0.15, 0.2) is 27.8 Å². The Balaban J connectivity index is 2.80. The molecule has 0 amide bonds. The molecule has 12 heteroatoms. The van der Waals surface area contributed by atoms with Crippen LogP contribution >= 0.6 is 0 Å². The lowest BCUT2D eigenvalue weighted by Crippen LogP contribution is -2.40. The van der Waals surface area contributed by atoms with E-state index in [1.54, 1.807) is 0 Å². The minimum Gasteiger partial charge on any atom is -0.292 e. The van der Waals surface area contributed by atoms with Gasteiger partial charge in [-0.25, -0.2) is 18.1 Å². The van der Waals surface area contributed by atoms with Gasteiger partial charge < -0.3 is 0 Å². The van der Waals surface area contributed by atoms with Crippen molar-refractivity contribution in [3.8, 4) is 5.69 Å². The number of aromatic nitrogens is 2. The SMILES string of the molecule is Cn1c(C(F)(F)F)cc(=O)n(-c2cc(F)c(C(F)(F)F)c(F)c2)c1=O. The van der Waals surface area contributed by atoms with Gasteiger partial charge in [0.05, 0.1) is 5.69 Å². The third-order valence-corrected chi connectivity index (χ3v) is 3.18. The van der Waals surface area contributed by atoms with E-state index in [0.717, 1.165) is 0 Å². The molecule has 0 saturated heterocycles. The fourth-order valence-electron chi connectivity index (χ4n) is 2.09. The smallest absolute Gasteiger partial charge is 0.292 e. The predicted molar refractivity (Wildman–Crippen MR) is 67.2 cm³/mol. The molecule has 2 aromatic rings. The number of nitrogens with zero attached hydrogens (tertiary/aromatic N) is 2. The maximum Gasteiger partial charge on any atom is 0.431 e. The Hall–Kier alpha value is -2.66. The summed E-state index contributed by atoms with van der Waals surface area (Å²) >= 11 is 0. The molecule has 0 radical (unpaired) electrons. The first-order valence-corrected chi connectivity index (χ1v) is 6.22. The monoisotopic (exact) mass is 374 g/mol. The largest absolute Gasteiger partial charge is 0.431 e. The Morgan fingerprint density at radius 1 is 0.840 bits per heavy atom. The van der Waals surface area contributed by atoms with Gasteiger partial charge in [0.2, 0.25) is 0 Å². The van der Waals surface area contributed by atoms with Gasteiger partial charge in [-0.2, -0.15) is 26.3 Å². The summed E-state index contributed by atoms with van der Waals surface area (Å²) in [6, 6.07) is 0.0405.